The lowest BCUT2D eigenvalue weighted by Gasteiger charge is -2.42. The molecule has 0 aromatic heterocycles. The topological polar surface area (TPSA) is 55.4 Å². The lowest BCUT2D eigenvalue weighted by Crippen LogP contribution is -2.42. The molecule has 0 bridgehead atoms. The fraction of sp³-hybridized carbons (Fsp3) is 1.00. The van der Waals surface area contributed by atoms with Crippen LogP contribution in [0.25, 0.3) is 0 Å². The molecule has 1 saturated carbocycles. The highest BCUT2D eigenvalue weighted by Gasteiger charge is 2.36. The van der Waals surface area contributed by atoms with Gasteiger partial charge in [0.05, 0.1) is 12.4 Å². The zero-order valence-corrected chi connectivity index (χ0v) is 11.8. The summed E-state index contributed by atoms with van der Waals surface area (Å²) in [4.78, 5) is 0. The first-order valence-corrected chi connectivity index (χ1v) is 8.26. The fourth-order valence-corrected chi connectivity index (χ4v) is 3.27. The Bertz CT molecular complexity index is 310. The fourth-order valence-electron chi connectivity index (χ4n) is 2.24. The van der Waals surface area contributed by atoms with Crippen LogP contribution in [0.2, 0.25) is 0 Å². The van der Waals surface area contributed by atoms with Gasteiger partial charge in [-0.1, -0.05) is 13.3 Å². The van der Waals surface area contributed by atoms with Gasteiger partial charge in [0.15, 0.2) is 0 Å². The van der Waals surface area contributed by atoms with Gasteiger partial charge in [0.25, 0.3) is 0 Å². The second-order valence-corrected chi connectivity index (χ2v) is 7.48. The summed E-state index contributed by atoms with van der Waals surface area (Å²) in [7, 11) is -1.13. The molecule has 1 rings (SSSR count). The summed E-state index contributed by atoms with van der Waals surface area (Å²) < 4.78 is 28.0. The van der Waals surface area contributed by atoms with Crippen LogP contribution in [0, 0.1) is 5.41 Å². The van der Waals surface area contributed by atoms with Crippen molar-refractivity contribution in [3.63, 3.8) is 0 Å². The van der Waals surface area contributed by atoms with Crippen molar-refractivity contribution in [3.05, 3.63) is 0 Å². The van der Waals surface area contributed by atoms with Gasteiger partial charge in [0.1, 0.15) is 9.84 Å². The van der Waals surface area contributed by atoms with Gasteiger partial charge in [-0.2, -0.15) is 0 Å². The minimum absolute atomic E-state index is 0.232. The van der Waals surface area contributed by atoms with Crippen molar-refractivity contribution < 1.29 is 13.2 Å². The highest BCUT2D eigenvalue weighted by atomic mass is 32.2. The zero-order chi connectivity index (χ0) is 12.8. The number of hydrogen-bond donors (Lipinski definition) is 1. The number of methoxy groups -OCH3 is 1. The molecule has 17 heavy (non-hydrogen) atoms. The van der Waals surface area contributed by atoms with E-state index in [0.29, 0.717) is 12.4 Å². The quantitative estimate of drug-likeness (QED) is 0.636. The molecule has 0 aromatic carbocycles. The Morgan fingerprint density at radius 3 is 2.53 bits per heavy atom. The maximum Gasteiger partial charge on any atom is 0.150 e. The Labute approximate surface area is 105 Å². The van der Waals surface area contributed by atoms with Gasteiger partial charge in [0.2, 0.25) is 0 Å². The van der Waals surface area contributed by atoms with E-state index in [1.54, 1.807) is 14.0 Å². The van der Waals surface area contributed by atoms with Crippen LogP contribution in [0.1, 0.15) is 32.6 Å². The highest BCUT2D eigenvalue weighted by molar-refractivity contribution is 7.91. The van der Waals surface area contributed by atoms with Crippen LogP contribution < -0.4 is 5.32 Å². The third-order valence-electron chi connectivity index (χ3n) is 3.78. The minimum atomic E-state index is -2.82. The van der Waals surface area contributed by atoms with E-state index in [-0.39, 0.29) is 11.2 Å². The van der Waals surface area contributed by atoms with E-state index in [1.165, 1.54) is 6.42 Å². The summed E-state index contributed by atoms with van der Waals surface area (Å²) >= 11 is 0. The summed E-state index contributed by atoms with van der Waals surface area (Å²) in [6.07, 6.45) is 4.36. The Kier molecular flexibility index (Phi) is 5.89. The van der Waals surface area contributed by atoms with Crippen LogP contribution in [0.5, 0.6) is 0 Å². The number of ether oxygens (including phenoxy) is 1. The van der Waals surface area contributed by atoms with Crippen molar-refractivity contribution in [1.82, 2.24) is 5.32 Å². The second-order valence-electron chi connectivity index (χ2n) is 5.01. The number of sulfone groups is 1. The van der Waals surface area contributed by atoms with Crippen LogP contribution >= 0.6 is 0 Å². The molecule has 0 saturated heterocycles. The Balaban J connectivity index is 2.31. The van der Waals surface area contributed by atoms with Gasteiger partial charge >= 0.3 is 0 Å². The molecule has 4 nitrogen and oxygen atoms in total. The predicted molar refractivity (Wildman–Crippen MR) is 70.0 cm³/mol. The van der Waals surface area contributed by atoms with Crippen molar-refractivity contribution in [3.8, 4) is 0 Å². The largest absolute Gasteiger partial charge is 0.383 e. The Morgan fingerprint density at radius 2 is 2.06 bits per heavy atom. The molecule has 1 aliphatic carbocycles. The molecule has 5 heteroatoms. The highest BCUT2D eigenvalue weighted by Crippen LogP contribution is 2.43. The van der Waals surface area contributed by atoms with Crippen LogP contribution in [0.15, 0.2) is 0 Å². The molecule has 0 unspecified atom stereocenters. The van der Waals surface area contributed by atoms with E-state index in [4.69, 9.17) is 4.74 Å². The van der Waals surface area contributed by atoms with Gasteiger partial charge in [-0.25, -0.2) is 8.42 Å². The summed E-state index contributed by atoms with van der Waals surface area (Å²) in [5.74, 6) is 0.607. The maximum atomic E-state index is 11.5. The number of nitrogens with one attached hydrogen (secondary N) is 1. The van der Waals surface area contributed by atoms with E-state index < -0.39 is 9.84 Å². The van der Waals surface area contributed by atoms with Crippen LogP contribution in [0.3, 0.4) is 0 Å². The van der Waals surface area contributed by atoms with E-state index in [2.05, 4.69) is 5.32 Å². The lowest BCUT2D eigenvalue weighted by atomic mass is 9.67. The summed E-state index contributed by atoms with van der Waals surface area (Å²) in [5.41, 5.74) is 0.232. The van der Waals surface area contributed by atoms with Crippen molar-refractivity contribution in [1.29, 1.82) is 0 Å². The third-order valence-corrected chi connectivity index (χ3v) is 5.49. The standard InChI is InChI=1S/C12H25NO3S/c1-3-17(14,15)10-7-12(5-4-6-12)11-13-8-9-16-2/h13H,3-11H2,1-2H3. The van der Waals surface area contributed by atoms with Gasteiger partial charge < -0.3 is 10.1 Å². The average molecular weight is 263 g/mol. The molecule has 1 fully saturated rings. The Hall–Kier alpha value is -0.130. The molecule has 0 spiro atoms. The SMILES string of the molecule is CCS(=O)(=O)CCC1(CNCCOC)CCC1. The molecule has 1 N–H and O–H groups in total. The van der Waals surface area contributed by atoms with E-state index in [9.17, 15) is 8.42 Å². The molecular weight excluding hydrogens is 238 g/mol. The van der Waals surface area contributed by atoms with Gasteiger partial charge in [-0.15, -0.1) is 0 Å². The summed E-state index contributed by atoms with van der Waals surface area (Å²) in [5, 5.41) is 3.36. The first-order chi connectivity index (χ1) is 8.04. The van der Waals surface area contributed by atoms with Gasteiger partial charge in [-0.05, 0) is 24.7 Å². The van der Waals surface area contributed by atoms with Crippen molar-refractivity contribution >= 4 is 9.84 Å². The number of hydrogen-bond acceptors (Lipinski definition) is 4. The molecule has 1 aliphatic rings. The monoisotopic (exact) mass is 263 g/mol. The molecule has 0 radical (unpaired) electrons. The van der Waals surface area contributed by atoms with Crippen molar-refractivity contribution in [2.75, 3.05) is 38.3 Å². The van der Waals surface area contributed by atoms with Gasteiger partial charge in [0, 0.05) is 26.0 Å². The molecule has 0 amide bonds. The van der Waals surface area contributed by atoms with Crippen molar-refractivity contribution in [2.24, 2.45) is 5.41 Å². The van der Waals surface area contributed by atoms with Crippen LogP contribution in [0.4, 0.5) is 0 Å². The lowest BCUT2D eigenvalue weighted by molar-refractivity contribution is 0.118. The van der Waals surface area contributed by atoms with Crippen LogP contribution in [-0.2, 0) is 14.6 Å². The van der Waals surface area contributed by atoms with E-state index in [1.807, 2.05) is 0 Å². The van der Waals surface area contributed by atoms with E-state index in [0.717, 1.165) is 32.4 Å². The molecule has 0 heterocycles. The maximum absolute atomic E-state index is 11.5. The van der Waals surface area contributed by atoms with E-state index >= 15 is 0 Å². The average Bonchev–Trinajstić information content (AvgIpc) is 2.26. The molecule has 0 atom stereocenters. The predicted octanol–water partition coefficient (Wildman–Crippen LogP) is 1.22. The number of rotatable bonds is 9. The van der Waals surface area contributed by atoms with Gasteiger partial charge in [-0.3, -0.25) is 0 Å². The normalized spacial score (nSPS) is 18.9. The van der Waals surface area contributed by atoms with Crippen molar-refractivity contribution in [2.45, 2.75) is 32.6 Å². The summed E-state index contributed by atoms with van der Waals surface area (Å²) in [6, 6.07) is 0. The minimum Gasteiger partial charge on any atom is -0.383 e. The first kappa shape index (κ1) is 14.9. The third kappa shape index (κ3) is 4.94. The smallest absolute Gasteiger partial charge is 0.150 e. The molecule has 0 aromatic rings. The molecule has 0 aliphatic heterocycles. The van der Waals surface area contributed by atoms with Crippen LogP contribution in [-0.4, -0.2) is 46.7 Å². The summed E-state index contributed by atoms with van der Waals surface area (Å²) in [6.45, 7) is 4.21. The Morgan fingerprint density at radius 1 is 1.35 bits per heavy atom. The molecule has 102 valence electrons. The molecular formula is C12H25NO3S. The zero-order valence-electron chi connectivity index (χ0n) is 11.0. The second kappa shape index (κ2) is 6.71. The first-order valence-electron chi connectivity index (χ1n) is 6.44.